The monoisotopic (exact) mass is 286 g/mol. The largest absolute Gasteiger partial charge is 0.466 e. The van der Waals surface area contributed by atoms with Crippen molar-refractivity contribution in [3.63, 3.8) is 0 Å². The van der Waals surface area contributed by atoms with Crippen molar-refractivity contribution in [1.29, 1.82) is 0 Å². The van der Waals surface area contributed by atoms with Crippen molar-refractivity contribution < 1.29 is 9.21 Å². The first-order valence-electron chi connectivity index (χ1n) is 6.43. The fraction of sp³-hybridized carbons (Fsp3) is 0.643. The minimum Gasteiger partial charge on any atom is -0.466 e. The summed E-state index contributed by atoms with van der Waals surface area (Å²) in [4.78, 5) is 14.3. The van der Waals surface area contributed by atoms with Gasteiger partial charge in [0.05, 0.1) is 5.56 Å². The lowest BCUT2D eigenvalue weighted by Crippen LogP contribution is -2.54. The van der Waals surface area contributed by atoms with E-state index in [0.29, 0.717) is 17.9 Å². The third-order valence-corrected chi connectivity index (χ3v) is 3.87. The number of piperidine rings is 1. The predicted octanol–water partition coefficient (Wildman–Crippen LogP) is 2.52. The van der Waals surface area contributed by atoms with E-state index in [1.807, 2.05) is 24.8 Å². The SMILES string of the molecule is Cc1cc(C(=O)N2CCC(N)C(C)(C)C2)c(C)o1.Cl. The molecule has 2 heterocycles. The third-order valence-electron chi connectivity index (χ3n) is 3.87. The van der Waals surface area contributed by atoms with E-state index in [-0.39, 0.29) is 29.8 Å². The number of carbonyl (C=O) groups is 1. The number of nitrogens with two attached hydrogens (primary N) is 1. The second kappa shape index (κ2) is 5.55. The van der Waals surface area contributed by atoms with Gasteiger partial charge in [0.15, 0.2) is 0 Å². The van der Waals surface area contributed by atoms with Crippen LogP contribution < -0.4 is 5.73 Å². The van der Waals surface area contributed by atoms with Crippen LogP contribution in [0.4, 0.5) is 0 Å². The Labute approximate surface area is 120 Å². The molecule has 108 valence electrons. The predicted molar refractivity (Wildman–Crippen MR) is 77.7 cm³/mol. The van der Waals surface area contributed by atoms with Crippen molar-refractivity contribution in [3.8, 4) is 0 Å². The van der Waals surface area contributed by atoms with Gasteiger partial charge in [-0.2, -0.15) is 0 Å². The standard InChI is InChI=1S/C14H22N2O2.ClH/c1-9-7-11(10(2)18-9)13(17)16-6-5-12(15)14(3,4)8-16;/h7,12H,5-6,8,15H2,1-4H3;1H. The van der Waals surface area contributed by atoms with Gasteiger partial charge in [-0.1, -0.05) is 13.8 Å². The van der Waals surface area contributed by atoms with Gasteiger partial charge in [-0.05, 0) is 31.7 Å². The molecule has 2 rings (SSSR count). The zero-order valence-electron chi connectivity index (χ0n) is 12.0. The summed E-state index contributed by atoms with van der Waals surface area (Å²) in [6, 6.07) is 1.98. The van der Waals surface area contributed by atoms with E-state index < -0.39 is 0 Å². The first-order chi connectivity index (χ1) is 8.31. The Bertz CT molecular complexity index is 468. The normalized spacial score (nSPS) is 21.9. The van der Waals surface area contributed by atoms with E-state index in [0.717, 1.165) is 18.7 Å². The highest BCUT2D eigenvalue weighted by Gasteiger charge is 2.36. The number of furan rings is 1. The second-order valence-corrected chi connectivity index (χ2v) is 5.94. The number of rotatable bonds is 1. The molecule has 1 saturated heterocycles. The van der Waals surface area contributed by atoms with Gasteiger partial charge in [0, 0.05) is 19.1 Å². The number of likely N-dealkylation sites (tertiary alicyclic amines) is 1. The smallest absolute Gasteiger partial charge is 0.257 e. The lowest BCUT2D eigenvalue weighted by Gasteiger charge is -2.42. The summed E-state index contributed by atoms with van der Waals surface area (Å²) in [5, 5.41) is 0. The molecule has 4 nitrogen and oxygen atoms in total. The number of nitrogens with zero attached hydrogens (tertiary/aromatic N) is 1. The summed E-state index contributed by atoms with van der Waals surface area (Å²) in [7, 11) is 0. The zero-order chi connectivity index (χ0) is 13.5. The maximum Gasteiger partial charge on any atom is 0.257 e. The minimum atomic E-state index is -0.0272. The molecule has 0 aromatic carbocycles. The highest BCUT2D eigenvalue weighted by molar-refractivity contribution is 5.95. The summed E-state index contributed by atoms with van der Waals surface area (Å²) in [6.07, 6.45) is 0.856. The number of amides is 1. The lowest BCUT2D eigenvalue weighted by molar-refractivity contribution is 0.0531. The van der Waals surface area contributed by atoms with Crippen LogP contribution in [0.25, 0.3) is 0 Å². The van der Waals surface area contributed by atoms with E-state index >= 15 is 0 Å². The van der Waals surface area contributed by atoms with E-state index in [1.165, 1.54) is 0 Å². The Morgan fingerprint density at radius 3 is 2.58 bits per heavy atom. The summed E-state index contributed by atoms with van der Waals surface area (Å²) >= 11 is 0. The van der Waals surface area contributed by atoms with Crippen LogP contribution >= 0.6 is 12.4 Å². The molecule has 1 fully saturated rings. The van der Waals surface area contributed by atoms with Crippen LogP contribution in [-0.4, -0.2) is 29.9 Å². The molecule has 0 bridgehead atoms. The average molecular weight is 287 g/mol. The third kappa shape index (κ3) is 3.12. The number of halogens is 1. The number of aryl methyl sites for hydroxylation is 2. The molecule has 2 N–H and O–H groups in total. The highest BCUT2D eigenvalue weighted by Crippen LogP contribution is 2.29. The summed E-state index contributed by atoms with van der Waals surface area (Å²) in [6.45, 7) is 9.36. The number of carbonyl (C=O) groups excluding carboxylic acids is 1. The summed E-state index contributed by atoms with van der Waals surface area (Å²) in [5.74, 6) is 1.54. The average Bonchev–Trinajstić information content (AvgIpc) is 2.60. The fourth-order valence-corrected chi connectivity index (χ4v) is 2.56. The van der Waals surface area contributed by atoms with Crippen molar-refractivity contribution >= 4 is 18.3 Å². The van der Waals surface area contributed by atoms with Crippen molar-refractivity contribution in [2.75, 3.05) is 13.1 Å². The molecule has 5 heteroatoms. The molecule has 0 spiro atoms. The first-order valence-corrected chi connectivity index (χ1v) is 6.43. The van der Waals surface area contributed by atoms with Crippen LogP contribution in [0.1, 0.15) is 42.1 Å². The molecule has 1 aromatic rings. The van der Waals surface area contributed by atoms with Crippen LogP contribution in [-0.2, 0) is 0 Å². The zero-order valence-corrected chi connectivity index (χ0v) is 12.8. The number of hydrogen-bond acceptors (Lipinski definition) is 3. The Hall–Kier alpha value is -1.000. The first kappa shape index (κ1) is 16.1. The van der Waals surface area contributed by atoms with E-state index in [1.54, 1.807) is 0 Å². The van der Waals surface area contributed by atoms with E-state index in [2.05, 4.69) is 13.8 Å². The molecule has 1 aliphatic heterocycles. The van der Waals surface area contributed by atoms with E-state index in [4.69, 9.17) is 10.2 Å². The molecular weight excluding hydrogens is 264 g/mol. The molecule has 1 atom stereocenters. The molecule has 1 aliphatic rings. The van der Waals surface area contributed by atoms with Crippen molar-refractivity contribution in [2.24, 2.45) is 11.1 Å². The van der Waals surface area contributed by atoms with Gasteiger partial charge in [-0.3, -0.25) is 4.79 Å². The summed E-state index contributed by atoms with van der Waals surface area (Å²) in [5.41, 5.74) is 6.74. The van der Waals surface area contributed by atoms with Gasteiger partial charge in [-0.25, -0.2) is 0 Å². The van der Waals surface area contributed by atoms with Crippen molar-refractivity contribution in [2.45, 2.75) is 40.2 Å². The van der Waals surface area contributed by atoms with Crippen molar-refractivity contribution in [3.05, 3.63) is 23.2 Å². The highest BCUT2D eigenvalue weighted by atomic mass is 35.5. The van der Waals surface area contributed by atoms with Crippen LogP contribution in [0.2, 0.25) is 0 Å². The number of hydrogen-bond donors (Lipinski definition) is 1. The van der Waals surface area contributed by atoms with Crippen LogP contribution in [0.5, 0.6) is 0 Å². The van der Waals surface area contributed by atoms with Gasteiger partial charge >= 0.3 is 0 Å². The Morgan fingerprint density at radius 1 is 1.47 bits per heavy atom. The minimum absolute atomic E-state index is 0. The molecule has 0 saturated carbocycles. The molecular formula is C14H23ClN2O2. The Kier molecular flexibility index (Phi) is 4.69. The maximum absolute atomic E-state index is 12.5. The van der Waals surface area contributed by atoms with Crippen molar-refractivity contribution in [1.82, 2.24) is 4.90 Å². The maximum atomic E-state index is 12.5. The van der Waals surface area contributed by atoms with Gasteiger partial charge in [0.1, 0.15) is 11.5 Å². The lowest BCUT2D eigenvalue weighted by atomic mass is 9.79. The molecule has 1 aromatic heterocycles. The Morgan fingerprint density at radius 2 is 2.11 bits per heavy atom. The van der Waals surface area contributed by atoms with Gasteiger partial charge in [-0.15, -0.1) is 12.4 Å². The Balaban J connectivity index is 0.00000180. The molecule has 19 heavy (non-hydrogen) atoms. The van der Waals surface area contributed by atoms with Gasteiger partial charge in [0.2, 0.25) is 0 Å². The van der Waals surface area contributed by atoms with Crippen LogP contribution in [0.3, 0.4) is 0 Å². The molecule has 1 amide bonds. The summed E-state index contributed by atoms with van der Waals surface area (Å²) < 4.78 is 5.43. The second-order valence-electron chi connectivity index (χ2n) is 5.94. The van der Waals surface area contributed by atoms with E-state index in [9.17, 15) is 4.79 Å². The molecule has 1 unspecified atom stereocenters. The van der Waals surface area contributed by atoms with Gasteiger partial charge < -0.3 is 15.1 Å². The van der Waals surface area contributed by atoms with Crippen LogP contribution in [0.15, 0.2) is 10.5 Å². The quantitative estimate of drug-likeness (QED) is 0.863. The molecule has 0 aliphatic carbocycles. The fourth-order valence-electron chi connectivity index (χ4n) is 2.56. The molecule has 0 radical (unpaired) electrons. The van der Waals surface area contributed by atoms with Gasteiger partial charge in [0.25, 0.3) is 5.91 Å². The van der Waals surface area contributed by atoms with Crippen LogP contribution in [0, 0.1) is 19.3 Å². The topological polar surface area (TPSA) is 59.5 Å².